The number of rotatable bonds is 14. The second-order valence-electron chi connectivity index (χ2n) is 31.0. The van der Waals surface area contributed by atoms with E-state index in [2.05, 4.69) is 355 Å². The molecule has 24 aromatic rings. The van der Waals surface area contributed by atoms with Gasteiger partial charge in [-0.15, -0.1) is 0 Å². The highest BCUT2D eigenvalue weighted by Gasteiger charge is 2.21. The fourth-order valence-electron chi connectivity index (χ4n) is 17.4. The Morgan fingerprint density at radius 3 is 0.841 bits per heavy atom. The van der Waals surface area contributed by atoms with E-state index in [4.69, 9.17) is 29.9 Å². The molecule has 126 heavy (non-hydrogen) atoms. The standard InChI is InChI=1S/C38H25N5.C38H26N2.C37H24N6/c1-2-10-26(11-3-1)34-22-28(23-35(42-34)33-14-8-9-21-39-33)29-24-40-38(41-25-29)27-17-19-30(20-18-27)43-36-15-6-4-12-31(36)32-13-5-7-16-37(32)43;1-2-10-30(11-3-1)38-34(26-39-25-9-8-16-37(38)39)29-19-17-27(18-20-29)28-21-23-31(24-22-28)40-35-14-6-4-12-32(35)33-13-5-7-15-36(33)40;1-3-13-35-29(9-1)30-10-2-4-14-36(30)43(35)28-17-15-25(16-18-28)37-40-23-27(24-41-37)26-21-33(31-11-5-7-19-38-31)42-34(22-26)32-12-6-8-20-39-32/h1-25H;1-26H;1-24H. The molecule has 0 saturated heterocycles. The van der Waals surface area contributed by atoms with Gasteiger partial charge in [0.25, 0.3) is 0 Å². The molecule has 0 bridgehead atoms. The van der Waals surface area contributed by atoms with Crippen molar-refractivity contribution in [1.82, 2.24) is 63.0 Å². The van der Waals surface area contributed by atoms with Crippen LogP contribution >= 0.6 is 0 Å². The highest BCUT2D eigenvalue weighted by molar-refractivity contribution is 6.11. The molecule has 0 atom stereocenters. The van der Waals surface area contributed by atoms with E-state index in [9.17, 15) is 0 Å². The Hall–Kier alpha value is -17.3. The van der Waals surface area contributed by atoms with Gasteiger partial charge in [0.15, 0.2) is 11.6 Å². The third-order valence-corrected chi connectivity index (χ3v) is 23.4. The van der Waals surface area contributed by atoms with Gasteiger partial charge in [0, 0.05) is 144 Å². The number of hydrogen-bond donors (Lipinski definition) is 0. The molecule has 24 rings (SSSR count). The molecule has 0 N–H and O–H groups in total. The largest absolute Gasteiger partial charge is 0.323 e. The first-order valence-corrected chi connectivity index (χ1v) is 42.0. The first kappa shape index (κ1) is 75.0. The summed E-state index contributed by atoms with van der Waals surface area (Å²) < 4.78 is 9.20. The maximum absolute atomic E-state index is 4.93. The van der Waals surface area contributed by atoms with Gasteiger partial charge in [-0.2, -0.15) is 0 Å². The summed E-state index contributed by atoms with van der Waals surface area (Å²) in [7, 11) is 0. The molecular weight excluding hydrogens is 1540 g/mol. The first-order chi connectivity index (χ1) is 62.5. The minimum atomic E-state index is 0.668. The number of para-hydroxylation sites is 6. The molecule has 592 valence electrons. The van der Waals surface area contributed by atoms with Crippen LogP contribution in [0.3, 0.4) is 0 Å². The third kappa shape index (κ3) is 14.4. The molecule has 0 fully saturated rings. The molecule has 0 radical (unpaired) electrons. The highest BCUT2D eigenvalue weighted by atomic mass is 15.0. The number of benzene rings is 12. The lowest BCUT2D eigenvalue weighted by molar-refractivity contribution is 1.16. The van der Waals surface area contributed by atoms with Gasteiger partial charge in [-0.05, 0) is 203 Å². The van der Waals surface area contributed by atoms with Crippen LogP contribution < -0.4 is 0 Å². The van der Waals surface area contributed by atoms with E-state index in [1.807, 2.05) is 116 Å². The van der Waals surface area contributed by atoms with Crippen LogP contribution in [0.15, 0.2) is 456 Å². The minimum absolute atomic E-state index is 0.668. The van der Waals surface area contributed by atoms with Crippen molar-refractivity contribution in [3.8, 4) is 141 Å². The smallest absolute Gasteiger partial charge is 0.159 e. The predicted octanol–water partition coefficient (Wildman–Crippen LogP) is 27.5. The van der Waals surface area contributed by atoms with Crippen LogP contribution in [-0.2, 0) is 0 Å². The van der Waals surface area contributed by atoms with Gasteiger partial charge in [-0.25, -0.2) is 29.9 Å². The van der Waals surface area contributed by atoms with E-state index in [0.717, 1.165) is 90.2 Å². The Bertz CT molecular complexity index is 7460. The van der Waals surface area contributed by atoms with Gasteiger partial charge in [0.05, 0.1) is 78.5 Å². The summed E-state index contributed by atoms with van der Waals surface area (Å²) in [5.74, 6) is 1.35. The number of fused-ring (bicyclic) bond motifs is 10. The Morgan fingerprint density at radius 1 is 0.183 bits per heavy atom. The van der Waals surface area contributed by atoms with Crippen LogP contribution in [0.1, 0.15) is 0 Å². The normalized spacial score (nSPS) is 11.3. The molecular formula is C113H75N13. The zero-order valence-electron chi connectivity index (χ0n) is 68.1. The molecule has 0 aliphatic heterocycles. The van der Waals surface area contributed by atoms with E-state index in [0.29, 0.717) is 11.6 Å². The predicted molar refractivity (Wildman–Crippen MR) is 513 cm³/mol. The van der Waals surface area contributed by atoms with Gasteiger partial charge in [-0.3, -0.25) is 15.0 Å². The lowest BCUT2D eigenvalue weighted by Crippen LogP contribution is -1.96. The van der Waals surface area contributed by atoms with Gasteiger partial charge >= 0.3 is 0 Å². The quantitative estimate of drug-likeness (QED) is 0.104. The molecule has 0 aliphatic carbocycles. The topological polar surface area (TPSA) is 135 Å². The average molecular weight is 1610 g/mol. The second kappa shape index (κ2) is 33.0. The summed E-state index contributed by atoms with van der Waals surface area (Å²) in [5.41, 5.74) is 31.5. The van der Waals surface area contributed by atoms with E-state index in [1.54, 1.807) is 18.6 Å². The van der Waals surface area contributed by atoms with Crippen molar-refractivity contribution in [3.05, 3.63) is 456 Å². The van der Waals surface area contributed by atoms with E-state index in [-0.39, 0.29) is 0 Å². The Labute approximate surface area is 726 Å². The number of pyridine rings is 6. The molecule has 0 saturated carbocycles. The summed E-state index contributed by atoms with van der Waals surface area (Å²) in [6.45, 7) is 0. The SMILES string of the molecule is c1ccc(-c2c(-c3ccc(-c4ccc(-n5c6ccccc6c6ccccc65)cc4)cc3)cn3ccccc23)cc1.c1ccc(-c2cc(-c3cnc(-c4ccc(-n5c6ccccc6c6ccccc65)cc4)nc3)cc(-c3ccccn3)n2)cc1.c1ccc(-c2cc(-c3cnc(-c4ccc(-n5c6ccccc6c6ccccc65)cc4)nc3)cc(-c3ccccn3)n2)nc1. The van der Waals surface area contributed by atoms with Crippen LogP contribution in [-0.4, -0.2) is 63.0 Å². The first-order valence-electron chi connectivity index (χ1n) is 42.0. The van der Waals surface area contributed by atoms with E-state index in [1.165, 1.54) is 110 Å². The molecule has 12 aromatic carbocycles. The molecule has 0 spiro atoms. The van der Waals surface area contributed by atoms with Gasteiger partial charge in [-0.1, -0.05) is 231 Å². The van der Waals surface area contributed by atoms with Crippen LogP contribution in [0.4, 0.5) is 0 Å². The monoisotopic (exact) mass is 1610 g/mol. The van der Waals surface area contributed by atoms with Crippen molar-refractivity contribution in [3.63, 3.8) is 0 Å². The van der Waals surface area contributed by atoms with Crippen LogP contribution in [0.5, 0.6) is 0 Å². The summed E-state index contributed by atoms with van der Waals surface area (Å²) in [4.78, 5) is 42.4. The average Bonchev–Trinajstić information content (AvgIpc) is 1.61. The highest BCUT2D eigenvalue weighted by Crippen LogP contribution is 2.42. The summed E-state index contributed by atoms with van der Waals surface area (Å²) in [5, 5.41) is 7.55. The van der Waals surface area contributed by atoms with Gasteiger partial charge in [0.2, 0.25) is 0 Å². The lowest BCUT2D eigenvalue weighted by Gasteiger charge is -2.10. The number of nitrogens with zero attached hydrogens (tertiary/aromatic N) is 13. The van der Waals surface area contributed by atoms with Crippen LogP contribution in [0.2, 0.25) is 0 Å². The summed E-state index contributed by atoms with van der Waals surface area (Å²) in [6, 6.07) is 139. The molecule has 0 amide bonds. The van der Waals surface area contributed by atoms with Gasteiger partial charge < -0.3 is 18.1 Å². The summed E-state index contributed by atoms with van der Waals surface area (Å²) in [6.07, 6.45) is 17.2. The molecule has 0 aliphatic rings. The second-order valence-corrected chi connectivity index (χ2v) is 31.0. The zero-order valence-corrected chi connectivity index (χ0v) is 68.1. The number of aromatic nitrogens is 13. The molecule has 12 heterocycles. The fourth-order valence-corrected chi connectivity index (χ4v) is 17.4. The minimum Gasteiger partial charge on any atom is -0.323 e. The van der Waals surface area contributed by atoms with Crippen molar-refractivity contribution >= 4 is 70.9 Å². The number of hydrogen-bond acceptors (Lipinski definition) is 9. The van der Waals surface area contributed by atoms with E-state index < -0.39 is 0 Å². The van der Waals surface area contributed by atoms with Crippen molar-refractivity contribution in [2.45, 2.75) is 0 Å². The van der Waals surface area contributed by atoms with Crippen molar-refractivity contribution < 1.29 is 0 Å². The van der Waals surface area contributed by atoms with Crippen molar-refractivity contribution in [1.29, 1.82) is 0 Å². The van der Waals surface area contributed by atoms with Crippen molar-refractivity contribution in [2.24, 2.45) is 0 Å². The Morgan fingerprint density at radius 2 is 0.476 bits per heavy atom. The maximum Gasteiger partial charge on any atom is 0.159 e. The Balaban J connectivity index is 0.000000112. The third-order valence-electron chi connectivity index (χ3n) is 23.4. The fraction of sp³-hybridized carbons (Fsp3) is 0. The zero-order chi connectivity index (χ0) is 83.6. The Kier molecular flexibility index (Phi) is 19.6. The summed E-state index contributed by atoms with van der Waals surface area (Å²) >= 11 is 0. The maximum atomic E-state index is 4.93. The molecule has 13 heteroatoms. The molecule has 0 unspecified atom stereocenters. The molecule has 13 nitrogen and oxygen atoms in total. The van der Waals surface area contributed by atoms with Crippen LogP contribution in [0.25, 0.3) is 212 Å². The van der Waals surface area contributed by atoms with Gasteiger partial charge in [0.1, 0.15) is 0 Å². The van der Waals surface area contributed by atoms with Crippen molar-refractivity contribution in [2.75, 3.05) is 0 Å². The molecule has 12 aromatic heterocycles. The van der Waals surface area contributed by atoms with E-state index >= 15 is 0 Å². The van der Waals surface area contributed by atoms with Crippen LogP contribution in [0, 0.1) is 0 Å². The lowest BCUT2D eigenvalue weighted by atomic mass is 9.96.